The molecule has 0 aliphatic heterocycles. The van der Waals surface area contributed by atoms with Crippen LogP contribution in [0.2, 0.25) is 0 Å². The molecular weight excluding hydrogens is 485 g/mol. The molecule has 3 aromatic heterocycles. The maximum atomic E-state index is 14.0. The number of benzene rings is 2. The Bertz CT molecular complexity index is 1490. The topological polar surface area (TPSA) is 52.6 Å². The van der Waals surface area contributed by atoms with Crippen molar-refractivity contribution in [3.05, 3.63) is 96.6 Å². The van der Waals surface area contributed by atoms with Crippen LogP contribution in [0.1, 0.15) is 56.7 Å². The molecule has 204 valence electrons. The van der Waals surface area contributed by atoms with Crippen LogP contribution in [0.4, 0.5) is 4.39 Å². The summed E-state index contributed by atoms with van der Waals surface area (Å²) in [6.45, 7) is 3.10. The van der Waals surface area contributed by atoms with E-state index in [9.17, 15) is 4.39 Å². The highest BCUT2D eigenvalue weighted by atomic mass is 19.1. The van der Waals surface area contributed by atoms with Gasteiger partial charge >= 0.3 is 0 Å². The van der Waals surface area contributed by atoms with Crippen LogP contribution in [-0.2, 0) is 13.0 Å². The zero-order chi connectivity index (χ0) is 27.2. The third kappa shape index (κ3) is 6.01. The Hall–Kier alpha value is -3.64. The molecule has 0 radical (unpaired) electrons. The van der Waals surface area contributed by atoms with Gasteiger partial charge in [-0.3, -0.25) is 0 Å². The number of para-hydroxylation sites is 1. The normalized spacial score (nSPS) is 17.4. The first-order chi connectivity index (χ1) is 19.0. The molecule has 5 nitrogen and oxygen atoms in total. The van der Waals surface area contributed by atoms with Gasteiger partial charge in [0.25, 0.3) is 0 Å². The predicted octanol–water partition coefficient (Wildman–Crippen LogP) is 7.97. The quantitative estimate of drug-likeness (QED) is 0.216. The number of hydrogen-bond acceptors (Lipinski definition) is 2. The Morgan fingerprint density at radius 1 is 1.10 bits per heavy atom. The molecule has 6 heteroatoms. The second-order valence-electron chi connectivity index (χ2n) is 10.9. The summed E-state index contributed by atoms with van der Waals surface area (Å²) in [4.78, 5) is 13.3. The van der Waals surface area contributed by atoms with Crippen LogP contribution >= 0.6 is 0 Å². The monoisotopic (exact) mass is 525 g/mol. The molecule has 0 amide bonds. The van der Waals surface area contributed by atoms with Gasteiger partial charge in [-0.25, -0.2) is 9.37 Å². The first kappa shape index (κ1) is 26.9. The maximum Gasteiger partial charge on any atom is 0.123 e. The molecule has 39 heavy (non-hydrogen) atoms. The van der Waals surface area contributed by atoms with E-state index in [-0.39, 0.29) is 11.4 Å². The molecule has 6 rings (SSSR count). The van der Waals surface area contributed by atoms with E-state index in [0.29, 0.717) is 0 Å². The molecule has 1 aliphatic carbocycles. The number of unbranched alkanes of at least 4 members (excludes halogenated alkanes) is 1. The average molecular weight is 526 g/mol. The zero-order valence-electron chi connectivity index (χ0n) is 23.4. The summed E-state index contributed by atoms with van der Waals surface area (Å²) >= 11 is 0. The summed E-state index contributed by atoms with van der Waals surface area (Å²) in [6.07, 6.45) is 17.9. The van der Waals surface area contributed by atoms with Crippen LogP contribution in [0, 0.1) is 5.82 Å². The predicted molar refractivity (Wildman–Crippen MR) is 160 cm³/mol. The first-order valence-electron chi connectivity index (χ1n) is 14.1. The highest BCUT2D eigenvalue weighted by Gasteiger charge is 2.34. The van der Waals surface area contributed by atoms with E-state index in [1.807, 2.05) is 36.9 Å². The average Bonchev–Trinajstić information content (AvgIpc) is 3.71. The van der Waals surface area contributed by atoms with E-state index in [4.69, 9.17) is 0 Å². The van der Waals surface area contributed by atoms with Crippen LogP contribution in [-0.4, -0.2) is 44.1 Å². The van der Waals surface area contributed by atoms with Gasteiger partial charge in [0, 0.05) is 52.8 Å². The molecule has 0 saturated carbocycles. The summed E-state index contributed by atoms with van der Waals surface area (Å²) in [7, 11) is 4.44. The molecule has 0 bridgehead atoms. The van der Waals surface area contributed by atoms with E-state index in [0.717, 1.165) is 43.1 Å². The molecule has 3 heterocycles. The number of aromatic amines is 2. The van der Waals surface area contributed by atoms with Crippen molar-refractivity contribution in [2.24, 2.45) is 0 Å². The second kappa shape index (κ2) is 12.0. The number of allylic oxidation sites excluding steroid dienone is 1. The van der Waals surface area contributed by atoms with Crippen molar-refractivity contribution in [2.45, 2.75) is 64.0 Å². The number of halogens is 1. The minimum atomic E-state index is -0.180. The lowest BCUT2D eigenvalue weighted by atomic mass is 9.77. The highest BCUT2D eigenvalue weighted by molar-refractivity contribution is 5.89. The number of aromatic nitrogens is 4. The van der Waals surface area contributed by atoms with Crippen molar-refractivity contribution in [2.75, 3.05) is 14.1 Å². The SMILES string of the molecule is CCCCC1(N(C)C)CC=C(c2[nH]c3ccc(F)cc3c2CCn2ccnc2)CC1.c1ccc2[nH]ccc2c1. The van der Waals surface area contributed by atoms with Gasteiger partial charge in [-0.05, 0) is 93.1 Å². The number of hydrogen-bond donors (Lipinski definition) is 2. The standard InChI is InChI=1S/C25H33FN4.C8H7N/c1-4-5-11-25(29(2)3)12-8-19(9-13-25)24-21(10-15-30-16-14-27-18-30)22-17-20(26)6-7-23(22)28-24;1-2-4-8-7(3-1)5-6-9-8/h6-8,14,16-18,28H,4-5,9-13,15H2,1-3H3;1-6,9H. The molecule has 0 saturated heterocycles. The lowest BCUT2D eigenvalue weighted by Crippen LogP contribution is -2.45. The van der Waals surface area contributed by atoms with E-state index in [1.54, 1.807) is 18.3 Å². The number of fused-ring (bicyclic) bond motifs is 2. The Balaban J connectivity index is 0.000000287. The maximum absolute atomic E-state index is 14.0. The molecule has 1 aliphatic rings. The Morgan fingerprint density at radius 3 is 2.69 bits per heavy atom. The van der Waals surface area contributed by atoms with Crippen molar-refractivity contribution >= 4 is 27.4 Å². The van der Waals surface area contributed by atoms with Crippen molar-refractivity contribution < 1.29 is 4.39 Å². The molecule has 1 unspecified atom stereocenters. The Morgan fingerprint density at radius 2 is 1.97 bits per heavy atom. The summed E-state index contributed by atoms with van der Waals surface area (Å²) in [6, 6.07) is 15.4. The molecule has 0 fully saturated rings. The summed E-state index contributed by atoms with van der Waals surface area (Å²) in [5.74, 6) is -0.180. The molecule has 2 aromatic carbocycles. The van der Waals surface area contributed by atoms with Gasteiger partial charge in [0.05, 0.1) is 6.33 Å². The van der Waals surface area contributed by atoms with E-state index in [1.165, 1.54) is 47.0 Å². The second-order valence-corrected chi connectivity index (χ2v) is 10.9. The van der Waals surface area contributed by atoms with Gasteiger partial charge in [0.2, 0.25) is 0 Å². The number of aryl methyl sites for hydroxylation is 2. The van der Waals surface area contributed by atoms with Crippen molar-refractivity contribution in [3.63, 3.8) is 0 Å². The smallest absolute Gasteiger partial charge is 0.123 e. The Kier molecular flexibility index (Phi) is 8.32. The number of nitrogens with zero attached hydrogens (tertiary/aromatic N) is 3. The van der Waals surface area contributed by atoms with E-state index >= 15 is 0 Å². The summed E-state index contributed by atoms with van der Waals surface area (Å²) in [5.41, 5.74) is 6.27. The number of nitrogens with one attached hydrogen (secondary N) is 2. The van der Waals surface area contributed by atoms with E-state index in [2.05, 4.69) is 69.7 Å². The van der Waals surface area contributed by atoms with Crippen molar-refractivity contribution in [3.8, 4) is 0 Å². The van der Waals surface area contributed by atoms with Crippen LogP contribution in [0.25, 0.3) is 27.4 Å². The van der Waals surface area contributed by atoms with E-state index < -0.39 is 0 Å². The fourth-order valence-corrected chi connectivity index (χ4v) is 5.88. The van der Waals surface area contributed by atoms with Gasteiger partial charge in [-0.2, -0.15) is 0 Å². The fourth-order valence-electron chi connectivity index (χ4n) is 5.88. The molecular formula is C33H40FN5. The zero-order valence-corrected chi connectivity index (χ0v) is 23.4. The van der Waals surface area contributed by atoms with Gasteiger partial charge in [-0.15, -0.1) is 0 Å². The van der Waals surface area contributed by atoms with Gasteiger partial charge in [-0.1, -0.05) is 44.0 Å². The third-order valence-corrected chi connectivity index (χ3v) is 8.36. The number of H-pyrrole nitrogens is 2. The minimum Gasteiger partial charge on any atom is -0.361 e. The fraction of sp³-hybridized carbons (Fsp3) is 0.364. The highest BCUT2D eigenvalue weighted by Crippen LogP contribution is 2.40. The molecule has 0 spiro atoms. The number of rotatable bonds is 8. The van der Waals surface area contributed by atoms with Crippen molar-refractivity contribution in [1.82, 2.24) is 24.4 Å². The minimum absolute atomic E-state index is 0.180. The summed E-state index contributed by atoms with van der Waals surface area (Å²) in [5, 5.41) is 2.28. The first-order valence-corrected chi connectivity index (χ1v) is 14.1. The van der Waals surface area contributed by atoms with Crippen LogP contribution in [0.5, 0.6) is 0 Å². The molecule has 2 N–H and O–H groups in total. The lowest BCUT2D eigenvalue weighted by molar-refractivity contribution is 0.124. The third-order valence-electron chi connectivity index (χ3n) is 8.36. The summed E-state index contributed by atoms with van der Waals surface area (Å²) < 4.78 is 16.1. The van der Waals surface area contributed by atoms with Gasteiger partial charge in [0.15, 0.2) is 0 Å². The van der Waals surface area contributed by atoms with Crippen molar-refractivity contribution in [1.29, 1.82) is 0 Å². The number of imidazole rings is 1. The van der Waals surface area contributed by atoms with Crippen LogP contribution in [0.3, 0.4) is 0 Å². The molecule has 5 aromatic rings. The lowest BCUT2D eigenvalue weighted by Gasteiger charge is -2.42. The van der Waals surface area contributed by atoms with Crippen LogP contribution < -0.4 is 0 Å². The Labute approximate surface area is 230 Å². The largest absolute Gasteiger partial charge is 0.361 e. The van der Waals surface area contributed by atoms with Crippen LogP contribution in [0.15, 0.2) is 79.5 Å². The van der Waals surface area contributed by atoms with Gasteiger partial charge in [0.1, 0.15) is 5.82 Å². The van der Waals surface area contributed by atoms with Gasteiger partial charge < -0.3 is 19.4 Å². The molecule has 1 atom stereocenters.